The van der Waals surface area contributed by atoms with Crippen LogP contribution in [0.3, 0.4) is 0 Å². The normalized spacial score (nSPS) is 12.2. The van der Waals surface area contributed by atoms with Crippen molar-refractivity contribution in [2.45, 2.75) is 13.0 Å². The fourth-order valence-electron chi connectivity index (χ4n) is 1.53. The van der Waals surface area contributed by atoms with Gasteiger partial charge in [0.05, 0.1) is 6.10 Å². The van der Waals surface area contributed by atoms with Gasteiger partial charge in [-0.15, -0.1) is 0 Å². The minimum atomic E-state index is -0.491. The molecule has 0 unspecified atom stereocenters. The number of aliphatic hydroxyl groups is 1. The summed E-state index contributed by atoms with van der Waals surface area (Å²) in [6.07, 6.45) is -0.491. The lowest BCUT2D eigenvalue weighted by atomic mass is 10.1. The van der Waals surface area contributed by atoms with E-state index in [2.05, 4.69) is 15.9 Å². The molecule has 2 rings (SSSR count). The molecule has 0 aliphatic rings. The van der Waals surface area contributed by atoms with Gasteiger partial charge in [-0.2, -0.15) is 0 Å². The fraction of sp³-hybridized carbons (Fsp3) is 0.143. The summed E-state index contributed by atoms with van der Waals surface area (Å²) in [6.45, 7) is 1.73. The average Bonchev–Trinajstić information content (AvgIpc) is 2.30. The van der Waals surface area contributed by atoms with Gasteiger partial charge in [0.25, 0.3) is 0 Å². The van der Waals surface area contributed by atoms with Crippen LogP contribution in [-0.2, 0) is 0 Å². The number of benzene rings is 2. The molecule has 0 spiro atoms. The Balaban J connectivity index is 2.21. The predicted octanol–water partition coefficient (Wildman–Crippen LogP) is 4.29. The summed E-state index contributed by atoms with van der Waals surface area (Å²) in [7, 11) is 0. The molecule has 2 nitrogen and oxygen atoms in total. The van der Waals surface area contributed by atoms with Gasteiger partial charge in [0, 0.05) is 4.47 Å². The topological polar surface area (TPSA) is 29.5 Å². The summed E-state index contributed by atoms with van der Waals surface area (Å²) in [5.41, 5.74) is 0.852. The van der Waals surface area contributed by atoms with Gasteiger partial charge in [-0.3, -0.25) is 0 Å². The molecule has 17 heavy (non-hydrogen) atoms. The number of hydrogen-bond acceptors (Lipinski definition) is 2. The molecular weight excluding hydrogens is 280 g/mol. The molecule has 88 valence electrons. The third-order valence-electron chi connectivity index (χ3n) is 2.40. The first-order valence-electron chi connectivity index (χ1n) is 5.37. The van der Waals surface area contributed by atoms with Crippen LogP contribution in [0.5, 0.6) is 11.5 Å². The number of ether oxygens (including phenoxy) is 1. The number of halogens is 1. The summed E-state index contributed by atoms with van der Waals surface area (Å²) < 4.78 is 6.53. The first kappa shape index (κ1) is 12.1. The summed E-state index contributed by atoms with van der Waals surface area (Å²) >= 11 is 3.42. The molecule has 0 aliphatic heterocycles. The van der Waals surface area contributed by atoms with Crippen LogP contribution in [0, 0.1) is 0 Å². The van der Waals surface area contributed by atoms with Crippen molar-refractivity contribution in [1.82, 2.24) is 0 Å². The van der Waals surface area contributed by atoms with E-state index in [0.29, 0.717) is 0 Å². The number of rotatable bonds is 3. The zero-order valence-electron chi connectivity index (χ0n) is 9.43. The zero-order chi connectivity index (χ0) is 12.3. The van der Waals surface area contributed by atoms with Crippen molar-refractivity contribution < 1.29 is 9.84 Å². The van der Waals surface area contributed by atoms with Gasteiger partial charge in [0.2, 0.25) is 0 Å². The average molecular weight is 293 g/mol. The minimum Gasteiger partial charge on any atom is -0.457 e. The minimum absolute atomic E-state index is 0.491. The van der Waals surface area contributed by atoms with Crippen LogP contribution in [-0.4, -0.2) is 5.11 Å². The van der Waals surface area contributed by atoms with E-state index in [9.17, 15) is 5.11 Å². The first-order chi connectivity index (χ1) is 8.16. The number of aliphatic hydroxyl groups excluding tert-OH is 1. The Morgan fingerprint density at radius 3 is 2.35 bits per heavy atom. The van der Waals surface area contributed by atoms with Crippen LogP contribution < -0.4 is 4.74 Å². The molecule has 0 aliphatic carbocycles. The molecule has 0 bridgehead atoms. The predicted molar refractivity (Wildman–Crippen MR) is 71.3 cm³/mol. The second-order valence-corrected chi connectivity index (χ2v) is 4.63. The molecule has 3 heteroatoms. The Hall–Kier alpha value is -1.32. The van der Waals surface area contributed by atoms with E-state index in [-0.39, 0.29) is 0 Å². The Labute approximate surface area is 109 Å². The van der Waals surface area contributed by atoms with Crippen LogP contribution >= 0.6 is 15.9 Å². The molecule has 0 saturated carbocycles. The van der Waals surface area contributed by atoms with Crippen molar-refractivity contribution >= 4 is 15.9 Å². The van der Waals surface area contributed by atoms with E-state index in [1.807, 2.05) is 48.5 Å². The van der Waals surface area contributed by atoms with E-state index in [1.165, 1.54) is 0 Å². The number of hydrogen-bond donors (Lipinski definition) is 1. The SMILES string of the molecule is C[C@@H](O)c1ccc(Oc2ccccc2)cc1Br. The van der Waals surface area contributed by atoms with E-state index >= 15 is 0 Å². The monoisotopic (exact) mass is 292 g/mol. The van der Waals surface area contributed by atoms with Crippen LogP contribution in [0.4, 0.5) is 0 Å². The Morgan fingerprint density at radius 2 is 1.76 bits per heavy atom. The maximum absolute atomic E-state index is 9.51. The fourth-order valence-corrected chi connectivity index (χ4v) is 2.22. The molecule has 0 amide bonds. The molecule has 0 saturated heterocycles. The van der Waals surface area contributed by atoms with Crippen LogP contribution in [0.1, 0.15) is 18.6 Å². The van der Waals surface area contributed by atoms with E-state index in [4.69, 9.17) is 4.74 Å². The molecule has 1 atom stereocenters. The van der Waals surface area contributed by atoms with Crippen molar-refractivity contribution in [3.8, 4) is 11.5 Å². The first-order valence-corrected chi connectivity index (χ1v) is 6.16. The lowest BCUT2D eigenvalue weighted by Gasteiger charge is -2.10. The molecule has 2 aromatic rings. The molecule has 0 heterocycles. The van der Waals surface area contributed by atoms with E-state index in [1.54, 1.807) is 6.92 Å². The standard InChI is InChI=1S/C14H13BrO2/c1-10(16)13-8-7-12(9-14(13)15)17-11-5-3-2-4-6-11/h2-10,16H,1H3/t10-/m1/s1. The maximum atomic E-state index is 9.51. The summed E-state index contributed by atoms with van der Waals surface area (Å²) in [4.78, 5) is 0. The highest BCUT2D eigenvalue weighted by molar-refractivity contribution is 9.10. The third-order valence-corrected chi connectivity index (χ3v) is 3.09. The second kappa shape index (κ2) is 5.34. The van der Waals surface area contributed by atoms with E-state index in [0.717, 1.165) is 21.5 Å². The smallest absolute Gasteiger partial charge is 0.128 e. The van der Waals surface area contributed by atoms with Crippen molar-refractivity contribution in [3.05, 3.63) is 58.6 Å². The molecule has 2 aromatic carbocycles. The van der Waals surface area contributed by atoms with Gasteiger partial charge in [-0.05, 0) is 36.8 Å². The number of para-hydroxylation sites is 1. The van der Waals surface area contributed by atoms with Crippen molar-refractivity contribution in [2.75, 3.05) is 0 Å². The van der Waals surface area contributed by atoms with Crippen molar-refractivity contribution in [1.29, 1.82) is 0 Å². The molecule has 0 radical (unpaired) electrons. The van der Waals surface area contributed by atoms with Gasteiger partial charge in [-0.1, -0.05) is 40.2 Å². The summed E-state index contributed by atoms with van der Waals surface area (Å²) in [5, 5.41) is 9.51. The summed E-state index contributed by atoms with van der Waals surface area (Å²) in [6, 6.07) is 15.2. The summed E-state index contributed by atoms with van der Waals surface area (Å²) in [5.74, 6) is 1.54. The molecule has 1 N–H and O–H groups in total. The van der Waals surface area contributed by atoms with Crippen LogP contribution in [0.25, 0.3) is 0 Å². The van der Waals surface area contributed by atoms with Gasteiger partial charge in [0.1, 0.15) is 11.5 Å². The van der Waals surface area contributed by atoms with E-state index < -0.39 is 6.10 Å². The second-order valence-electron chi connectivity index (χ2n) is 3.77. The quantitative estimate of drug-likeness (QED) is 0.914. The molecule has 0 aromatic heterocycles. The molecule has 0 fully saturated rings. The van der Waals surface area contributed by atoms with Gasteiger partial charge < -0.3 is 9.84 Å². The maximum Gasteiger partial charge on any atom is 0.128 e. The zero-order valence-corrected chi connectivity index (χ0v) is 11.0. The van der Waals surface area contributed by atoms with Crippen molar-refractivity contribution in [3.63, 3.8) is 0 Å². The highest BCUT2D eigenvalue weighted by Gasteiger charge is 2.07. The third kappa shape index (κ3) is 3.08. The molecular formula is C14H13BrO2. The van der Waals surface area contributed by atoms with Gasteiger partial charge in [0.15, 0.2) is 0 Å². The Kier molecular flexibility index (Phi) is 3.82. The Morgan fingerprint density at radius 1 is 1.06 bits per heavy atom. The lowest BCUT2D eigenvalue weighted by molar-refractivity contribution is 0.198. The van der Waals surface area contributed by atoms with Gasteiger partial charge >= 0.3 is 0 Å². The Bertz CT molecular complexity index is 495. The highest BCUT2D eigenvalue weighted by atomic mass is 79.9. The van der Waals surface area contributed by atoms with Crippen molar-refractivity contribution in [2.24, 2.45) is 0 Å². The lowest BCUT2D eigenvalue weighted by Crippen LogP contribution is -1.93. The highest BCUT2D eigenvalue weighted by Crippen LogP contribution is 2.29. The van der Waals surface area contributed by atoms with Crippen LogP contribution in [0.2, 0.25) is 0 Å². The van der Waals surface area contributed by atoms with Gasteiger partial charge in [-0.25, -0.2) is 0 Å². The largest absolute Gasteiger partial charge is 0.457 e. The van der Waals surface area contributed by atoms with Crippen LogP contribution in [0.15, 0.2) is 53.0 Å².